The molecule has 1 fully saturated rings. The van der Waals surface area contributed by atoms with E-state index < -0.39 is 10.0 Å². The Kier molecular flexibility index (Phi) is 9.27. The van der Waals surface area contributed by atoms with Gasteiger partial charge in [-0.2, -0.15) is 4.31 Å². The number of hydrogen-bond acceptors (Lipinski definition) is 4. The monoisotopic (exact) mass is 550 g/mol. The molecular weight excluding hydrogens is 508 g/mol. The minimum absolute atomic E-state index is 0.0202. The number of hydrogen-bond donors (Lipinski definition) is 1. The second kappa shape index (κ2) is 12.3. The molecule has 6 heteroatoms. The van der Waals surface area contributed by atoms with Crippen LogP contribution in [0, 0.1) is 41.5 Å². The van der Waals surface area contributed by atoms with Crippen LogP contribution in [0.3, 0.4) is 0 Å². The zero-order chi connectivity index (χ0) is 27.4. The molecule has 38 heavy (non-hydrogen) atoms. The zero-order valence-corrected chi connectivity index (χ0v) is 25.3. The van der Waals surface area contributed by atoms with Gasteiger partial charge in [-0.3, -0.25) is 0 Å². The number of rotatable bonds is 10. The Morgan fingerprint density at radius 1 is 0.895 bits per heavy atom. The molecule has 0 spiro atoms. The van der Waals surface area contributed by atoms with Crippen molar-refractivity contribution >= 4 is 27.5 Å². The molecular formula is C32H42N2O2S2. The molecule has 1 aliphatic rings. The number of nitrogens with zero attached hydrogens (tertiary/aromatic N) is 1. The van der Waals surface area contributed by atoms with Crippen LogP contribution in [-0.2, 0) is 10.0 Å². The average molecular weight is 551 g/mol. The van der Waals surface area contributed by atoms with Gasteiger partial charge in [0.2, 0.25) is 10.0 Å². The lowest BCUT2D eigenvalue weighted by Gasteiger charge is -2.32. The topological polar surface area (TPSA) is 49.4 Å². The summed E-state index contributed by atoms with van der Waals surface area (Å²) in [5.41, 5.74) is 7.83. The van der Waals surface area contributed by atoms with E-state index in [0.717, 1.165) is 48.9 Å². The van der Waals surface area contributed by atoms with Gasteiger partial charge in [0.15, 0.2) is 0 Å². The fourth-order valence-corrected chi connectivity index (χ4v) is 9.72. The van der Waals surface area contributed by atoms with E-state index in [9.17, 15) is 8.42 Å². The fraction of sp³-hybridized carbons (Fsp3) is 0.438. The van der Waals surface area contributed by atoms with Gasteiger partial charge in [0, 0.05) is 35.0 Å². The van der Waals surface area contributed by atoms with Crippen molar-refractivity contribution in [2.45, 2.75) is 88.3 Å². The fourth-order valence-electron chi connectivity index (χ4n) is 6.11. The largest absolute Gasteiger partial charge is 0.385 e. The maximum atomic E-state index is 14.1. The summed E-state index contributed by atoms with van der Waals surface area (Å²) in [5.74, 6) is 0. The molecule has 1 saturated heterocycles. The van der Waals surface area contributed by atoms with E-state index in [0.29, 0.717) is 11.4 Å². The normalized spacial score (nSPS) is 17.1. The highest BCUT2D eigenvalue weighted by Crippen LogP contribution is 2.39. The standard InChI is InChI=1S/C32H42N2O2S2/c1-22-18-24(3)31(25(4)19-22)33-16-10-15-30(37-28-12-8-7-9-13-28)29-14-11-17-34(29)38(35,36)32-26(5)20-23(2)21-27(32)6/h7-9,12-13,18-21,29-30,33H,10-11,14-17H2,1-6H3/t29-,30-/m0/s1. The molecule has 2 atom stereocenters. The molecule has 4 rings (SSSR count). The van der Waals surface area contributed by atoms with Gasteiger partial charge in [0.25, 0.3) is 0 Å². The van der Waals surface area contributed by atoms with Crippen molar-refractivity contribution in [3.8, 4) is 0 Å². The summed E-state index contributed by atoms with van der Waals surface area (Å²) >= 11 is 1.83. The third-order valence-electron chi connectivity index (χ3n) is 7.52. The SMILES string of the molecule is Cc1cc(C)c(NCCC[C@H](Sc2ccccc2)[C@@H]2CCCN2S(=O)(=O)c2c(C)cc(C)cc2C)c(C)c1. The number of benzene rings is 3. The number of anilines is 1. The first-order chi connectivity index (χ1) is 18.1. The van der Waals surface area contributed by atoms with E-state index in [1.165, 1.54) is 27.3 Å². The van der Waals surface area contributed by atoms with E-state index in [4.69, 9.17) is 0 Å². The molecule has 0 aliphatic carbocycles. The van der Waals surface area contributed by atoms with Crippen LogP contribution in [0.1, 0.15) is 59.1 Å². The summed E-state index contributed by atoms with van der Waals surface area (Å²) in [7, 11) is -3.59. The Balaban J connectivity index is 1.55. The summed E-state index contributed by atoms with van der Waals surface area (Å²) in [6, 6.07) is 18.8. The van der Waals surface area contributed by atoms with Crippen LogP contribution in [0.4, 0.5) is 5.69 Å². The van der Waals surface area contributed by atoms with Gasteiger partial charge in [0.05, 0.1) is 4.90 Å². The van der Waals surface area contributed by atoms with E-state index in [2.05, 4.69) is 62.5 Å². The van der Waals surface area contributed by atoms with Crippen LogP contribution in [0.25, 0.3) is 0 Å². The predicted octanol–water partition coefficient (Wildman–Crippen LogP) is 7.74. The van der Waals surface area contributed by atoms with Gasteiger partial charge in [-0.15, -0.1) is 11.8 Å². The van der Waals surface area contributed by atoms with Crippen molar-refractivity contribution < 1.29 is 8.42 Å². The number of sulfonamides is 1. The first-order valence-electron chi connectivity index (χ1n) is 13.7. The molecule has 1 aliphatic heterocycles. The average Bonchev–Trinajstić information content (AvgIpc) is 3.33. The Morgan fingerprint density at radius 2 is 1.47 bits per heavy atom. The van der Waals surface area contributed by atoms with E-state index in [1.54, 1.807) is 0 Å². The zero-order valence-electron chi connectivity index (χ0n) is 23.7. The summed E-state index contributed by atoms with van der Waals surface area (Å²) in [6.07, 6.45) is 3.72. The van der Waals surface area contributed by atoms with Gasteiger partial charge in [0.1, 0.15) is 0 Å². The molecule has 0 unspecified atom stereocenters. The third-order valence-corrected chi connectivity index (χ3v) is 11.2. The molecule has 0 radical (unpaired) electrons. The summed E-state index contributed by atoms with van der Waals surface area (Å²) in [4.78, 5) is 1.69. The second-order valence-electron chi connectivity index (χ2n) is 10.9. The van der Waals surface area contributed by atoms with Gasteiger partial charge in [-0.05, 0) is 102 Å². The molecule has 4 nitrogen and oxygen atoms in total. The Labute approximate surface area is 234 Å². The van der Waals surface area contributed by atoms with Crippen molar-refractivity contribution in [1.29, 1.82) is 0 Å². The lowest BCUT2D eigenvalue weighted by Crippen LogP contribution is -2.42. The molecule has 0 aromatic heterocycles. The number of nitrogens with one attached hydrogen (secondary N) is 1. The predicted molar refractivity (Wildman–Crippen MR) is 162 cm³/mol. The first kappa shape index (κ1) is 28.7. The highest BCUT2D eigenvalue weighted by atomic mass is 32.2. The maximum absolute atomic E-state index is 14.1. The van der Waals surface area contributed by atoms with Crippen LogP contribution in [0.2, 0.25) is 0 Å². The Morgan fingerprint density at radius 3 is 2.08 bits per heavy atom. The van der Waals surface area contributed by atoms with Gasteiger partial charge >= 0.3 is 0 Å². The van der Waals surface area contributed by atoms with Crippen molar-refractivity contribution in [3.63, 3.8) is 0 Å². The van der Waals surface area contributed by atoms with Crippen LogP contribution >= 0.6 is 11.8 Å². The first-order valence-corrected chi connectivity index (χ1v) is 16.0. The Bertz CT molecular complexity index is 1320. The lowest BCUT2D eigenvalue weighted by molar-refractivity contribution is 0.369. The van der Waals surface area contributed by atoms with E-state index in [1.807, 2.05) is 55.0 Å². The minimum atomic E-state index is -3.59. The van der Waals surface area contributed by atoms with E-state index in [-0.39, 0.29) is 11.3 Å². The third kappa shape index (κ3) is 6.47. The second-order valence-corrected chi connectivity index (χ2v) is 14.0. The molecule has 3 aromatic rings. The Hall–Kier alpha value is -2.28. The van der Waals surface area contributed by atoms with Crippen molar-refractivity contribution in [3.05, 3.63) is 88.0 Å². The van der Waals surface area contributed by atoms with Crippen LogP contribution < -0.4 is 5.32 Å². The van der Waals surface area contributed by atoms with Crippen LogP contribution in [-0.4, -0.2) is 37.1 Å². The molecule has 0 saturated carbocycles. The number of thioether (sulfide) groups is 1. The highest BCUT2D eigenvalue weighted by Gasteiger charge is 2.40. The van der Waals surface area contributed by atoms with E-state index >= 15 is 0 Å². The summed E-state index contributed by atoms with van der Waals surface area (Å²) in [6.45, 7) is 13.8. The van der Waals surface area contributed by atoms with Crippen molar-refractivity contribution in [2.75, 3.05) is 18.4 Å². The van der Waals surface area contributed by atoms with Crippen molar-refractivity contribution in [1.82, 2.24) is 4.31 Å². The molecule has 204 valence electrons. The molecule has 0 amide bonds. The van der Waals surface area contributed by atoms with Crippen LogP contribution in [0.5, 0.6) is 0 Å². The number of aryl methyl sites for hydroxylation is 6. The highest BCUT2D eigenvalue weighted by molar-refractivity contribution is 8.00. The molecule has 0 bridgehead atoms. The molecule has 1 heterocycles. The van der Waals surface area contributed by atoms with Gasteiger partial charge in [-0.1, -0.05) is 53.6 Å². The summed E-state index contributed by atoms with van der Waals surface area (Å²) in [5, 5.41) is 3.85. The smallest absolute Gasteiger partial charge is 0.243 e. The minimum Gasteiger partial charge on any atom is -0.385 e. The molecule has 1 N–H and O–H groups in total. The maximum Gasteiger partial charge on any atom is 0.243 e. The quantitative estimate of drug-likeness (QED) is 0.207. The van der Waals surface area contributed by atoms with Crippen LogP contribution in [0.15, 0.2) is 64.4 Å². The lowest BCUT2D eigenvalue weighted by atomic mass is 10.0. The molecule has 3 aromatic carbocycles. The summed E-state index contributed by atoms with van der Waals surface area (Å²) < 4.78 is 30.0. The van der Waals surface area contributed by atoms with Crippen molar-refractivity contribution in [2.24, 2.45) is 0 Å². The van der Waals surface area contributed by atoms with Gasteiger partial charge in [-0.25, -0.2) is 8.42 Å². The van der Waals surface area contributed by atoms with Gasteiger partial charge < -0.3 is 5.32 Å².